The first-order chi connectivity index (χ1) is 5.47. The van der Waals surface area contributed by atoms with Crippen LogP contribution in [0.25, 0.3) is 0 Å². The van der Waals surface area contributed by atoms with Crippen molar-refractivity contribution < 1.29 is 17.2 Å². The molecule has 0 saturated carbocycles. The van der Waals surface area contributed by atoms with Gasteiger partial charge in [-0.3, -0.25) is 4.55 Å². The lowest BCUT2D eigenvalue weighted by molar-refractivity contribution is 0.269. The molecule has 0 unspecified atom stereocenters. The van der Waals surface area contributed by atoms with Crippen LogP contribution in [0.2, 0.25) is 0 Å². The van der Waals surface area contributed by atoms with Crippen LogP contribution < -0.4 is 5.73 Å². The zero-order valence-electron chi connectivity index (χ0n) is 7.49. The molecule has 0 atom stereocenters. The summed E-state index contributed by atoms with van der Waals surface area (Å²) in [6.45, 7) is 4.66. The maximum Gasteiger partial charge on any atom is 0.397 e. The Morgan fingerprint density at radius 2 is 1.75 bits per heavy atom. The van der Waals surface area contributed by atoms with E-state index < -0.39 is 10.4 Å². The van der Waals surface area contributed by atoms with Crippen LogP contribution in [-0.4, -0.2) is 26.1 Å². The fourth-order valence-corrected chi connectivity index (χ4v) is 0.566. The van der Waals surface area contributed by atoms with Crippen molar-refractivity contribution in [3.8, 4) is 0 Å². The van der Waals surface area contributed by atoms with Crippen molar-refractivity contribution in [3.05, 3.63) is 0 Å². The summed E-state index contributed by atoms with van der Waals surface area (Å²) in [6, 6.07) is 0. The van der Waals surface area contributed by atoms with Gasteiger partial charge in [0.1, 0.15) is 0 Å². The van der Waals surface area contributed by atoms with Gasteiger partial charge in [0.2, 0.25) is 0 Å². The second-order valence-electron chi connectivity index (χ2n) is 2.04. The molecule has 0 rings (SSSR count). The topological polar surface area (TPSA) is 89.6 Å². The van der Waals surface area contributed by atoms with Gasteiger partial charge < -0.3 is 5.73 Å². The molecule has 0 aromatic rings. The third kappa shape index (κ3) is 22.5. The molecule has 3 N–H and O–H groups in total. The van der Waals surface area contributed by atoms with Gasteiger partial charge >= 0.3 is 10.4 Å². The van der Waals surface area contributed by atoms with Gasteiger partial charge in [0.25, 0.3) is 0 Å². The Bertz CT molecular complexity index is 164. The number of rotatable bonds is 4. The highest BCUT2D eigenvalue weighted by atomic mass is 32.3. The molecule has 0 spiro atoms. The highest BCUT2D eigenvalue weighted by molar-refractivity contribution is 7.80. The Hall–Kier alpha value is -0.170. The van der Waals surface area contributed by atoms with E-state index in [1.807, 2.05) is 0 Å². The Morgan fingerprint density at radius 3 is 1.83 bits per heavy atom. The first-order valence-corrected chi connectivity index (χ1v) is 5.16. The van der Waals surface area contributed by atoms with E-state index in [2.05, 4.69) is 11.1 Å². The predicted molar refractivity (Wildman–Crippen MR) is 47.1 cm³/mol. The molecular weight excluding hydrogens is 182 g/mol. The van der Waals surface area contributed by atoms with Gasteiger partial charge in [-0.05, 0) is 19.4 Å². The third-order valence-corrected chi connectivity index (χ3v) is 1.19. The molecule has 76 valence electrons. The van der Waals surface area contributed by atoms with Gasteiger partial charge in [0.15, 0.2) is 0 Å². The van der Waals surface area contributed by atoms with Crippen LogP contribution in [0.15, 0.2) is 0 Å². The molecule has 0 bridgehead atoms. The largest absolute Gasteiger partial charge is 0.397 e. The Balaban J connectivity index is 0. The van der Waals surface area contributed by atoms with Crippen LogP contribution in [0.3, 0.4) is 0 Å². The normalized spacial score (nSPS) is 10.3. The summed E-state index contributed by atoms with van der Waals surface area (Å²) in [5.74, 6) is 0. The van der Waals surface area contributed by atoms with Crippen LogP contribution in [0, 0.1) is 0 Å². The molecule has 0 fully saturated rings. The Kier molecular flexibility index (Phi) is 10.7. The van der Waals surface area contributed by atoms with Crippen molar-refractivity contribution in [3.63, 3.8) is 0 Å². The van der Waals surface area contributed by atoms with Crippen LogP contribution in [-0.2, 0) is 14.6 Å². The summed E-state index contributed by atoms with van der Waals surface area (Å²) in [5.41, 5.74) is 5.03. The second kappa shape index (κ2) is 8.92. The summed E-state index contributed by atoms with van der Waals surface area (Å²) >= 11 is 0. The molecule has 0 aromatic carbocycles. The minimum absolute atomic E-state index is 0.0405. The van der Waals surface area contributed by atoms with Crippen LogP contribution in [0.4, 0.5) is 0 Å². The summed E-state index contributed by atoms with van der Waals surface area (Å²) < 4.78 is 31.3. The van der Waals surface area contributed by atoms with E-state index in [1.54, 1.807) is 6.92 Å². The van der Waals surface area contributed by atoms with E-state index in [0.717, 1.165) is 13.0 Å². The van der Waals surface area contributed by atoms with Crippen molar-refractivity contribution in [2.45, 2.75) is 26.7 Å². The summed E-state index contributed by atoms with van der Waals surface area (Å²) in [6.07, 6.45) is 1.67. The Labute approximate surface area is 73.9 Å². The van der Waals surface area contributed by atoms with E-state index >= 15 is 0 Å². The highest BCUT2D eigenvalue weighted by Crippen LogP contribution is 1.86. The number of hydrogen-bond acceptors (Lipinski definition) is 4. The molecule has 0 aliphatic carbocycles. The number of hydrogen-bond donors (Lipinski definition) is 2. The second-order valence-corrected chi connectivity index (χ2v) is 3.13. The van der Waals surface area contributed by atoms with Crippen LogP contribution in [0.5, 0.6) is 0 Å². The zero-order valence-corrected chi connectivity index (χ0v) is 8.30. The minimum Gasteiger partial charge on any atom is -0.330 e. The quantitative estimate of drug-likeness (QED) is 0.646. The van der Waals surface area contributed by atoms with Crippen molar-refractivity contribution in [1.29, 1.82) is 0 Å². The fourth-order valence-electron chi connectivity index (χ4n) is 0.189. The lowest BCUT2D eigenvalue weighted by atomic mass is 10.5. The third-order valence-electron chi connectivity index (χ3n) is 0.725. The first kappa shape index (κ1) is 14.4. The van der Waals surface area contributed by atoms with E-state index in [4.69, 9.17) is 10.3 Å². The van der Waals surface area contributed by atoms with Crippen LogP contribution in [0.1, 0.15) is 26.7 Å². The van der Waals surface area contributed by atoms with Crippen molar-refractivity contribution in [1.82, 2.24) is 0 Å². The average Bonchev–Trinajstić information content (AvgIpc) is 2.00. The molecule has 0 heterocycles. The highest BCUT2D eigenvalue weighted by Gasteiger charge is 1.99. The first-order valence-electron chi connectivity index (χ1n) is 3.79. The van der Waals surface area contributed by atoms with Gasteiger partial charge in [-0.15, -0.1) is 0 Å². The molecule has 0 radical (unpaired) electrons. The summed E-state index contributed by atoms with van der Waals surface area (Å²) in [5, 5.41) is 0. The van der Waals surface area contributed by atoms with Crippen molar-refractivity contribution in [2.75, 3.05) is 13.2 Å². The molecule has 0 amide bonds. The molecule has 0 aliphatic heterocycles. The number of nitrogens with two attached hydrogens (primary N) is 1. The SMILES string of the molecule is CCCN.CCCOS(=O)(=O)O. The molecule has 0 aliphatic rings. The standard InChI is InChI=1S/C3H9N.C3H8O4S/c1-2-3-4;1-2-3-7-8(4,5)6/h2-4H2,1H3;2-3H2,1H3,(H,4,5,6). The molecule has 12 heavy (non-hydrogen) atoms. The van der Waals surface area contributed by atoms with Gasteiger partial charge in [-0.1, -0.05) is 13.8 Å². The van der Waals surface area contributed by atoms with Crippen molar-refractivity contribution in [2.24, 2.45) is 5.73 Å². The molecular formula is C6H17NO4S. The smallest absolute Gasteiger partial charge is 0.330 e. The lowest BCUT2D eigenvalue weighted by Gasteiger charge is -1.92. The van der Waals surface area contributed by atoms with Crippen molar-refractivity contribution >= 4 is 10.4 Å². The van der Waals surface area contributed by atoms with E-state index in [-0.39, 0.29) is 6.61 Å². The average molecular weight is 199 g/mol. The minimum atomic E-state index is -4.19. The molecule has 0 aromatic heterocycles. The lowest BCUT2D eigenvalue weighted by Crippen LogP contribution is -2.03. The predicted octanol–water partition coefficient (Wildman–Crippen LogP) is 0.571. The Morgan fingerprint density at radius 1 is 1.33 bits per heavy atom. The molecule has 6 heteroatoms. The molecule has 5 nitrogen and oxygen atoms in total. The van der Waals surface area contributed by atoms with Gasteiger partial charge in [0.05, 0.1) is 6.61 Å². The summed E-state index contributed by atoms with van der Waals surface area (Å²) in [7, 11) is -4.19. The maximum atomic E-state index is 9.72. The maximum absolute atomic E-state index is 9.72. The van der Waals surface area contributed by atoms with Gasteiger partial charge in [-0.25, -0.2) is 4.18 Å². The summed E-state index contributed by atoms with van der Waals surface area (Å²) in [4.78, 5) is 0. The monoisotopic (exact) mass is 199 g/mol. The van der Waals surface area contributed by atoms with Crippen LogP contribution >= 0.6 is 0 Å². The zero-order chi connectivity index (χ0) is 10.0. The van der Waals surface area contributed by atoms with E-state index in [1.165, 1.54) is 0 Å². The fraction of sp³-hybridized carbons (Fsp3) is 1.00. The van der Waals surface area contributed by atoms with Gasteiger partial charge in [-0.2, -0.15) is 8.42 Å². The van der Waals surface area contributed by atoms with E-state index in [0.29, 0.717) is 6.42 Å². The van der Waals surface area contributed by atoms with E-state index in [9.17, 15) is 8.42 Å². The molecule has 0 saturated heterocycles. The van der Waals surface area contributed by atoms with Gasteiger partial charge in [0, 0.05) is 0 Å².